The molecular formula is C11H14N2O. The topological polar surface area (TPSA) is 32.7 Å². The standard InChI is InChI=1S/C11H14N2O/c1-10-6-4-3-5-8-12-9-7-11(14)13(10)2/h3-6,8-9H,7H2,1-2H3/b4-3-,8-5+,10-6+,12-9-. The van der Waals surface area contributed by atoms with Gasteiger partial charge >= 0.3 is 0 Å². The fourth-order valence-electron chi connectivity index (χ4n) is 0.995. The molecule has 0 aromatic carbocycles. The second-order valence-electron chi connectivity index (χ2n) is 3.02. The van der Waals surface area contributed by atoms with Crippen molar-refractivity contribution in [2.45, 2.75) is 13.3 Å². The van der Waals surface area contributed by atoms with Crippen LogP contribution in [0.2, 0.25) is 0 Å². The molecule has 0 spiro atoms. The van der Waals surface area contributed by atoms with Crippen molar-refractivity contribution in [2.24, 2.45) is 4.99 Å². The number of allylic oxidation sites excluding steroid dienone is 5. The van der Waals surface area contributed by atoms with Gasteiger partial charge in [-0.15, -0.1) is 0 Å². The highest BCUT2D eigenvalue weighted by Crippen LogP contribution is 2.03. The SMILES string of the molecule is C\C1=C/C=C\C=C\N=C/CC(=O)N1C. The molecule has 1 aliphatic rings. The molecule has 3 heteroatoms. The van der Waals surface area contributed by atoms with E-state index in [2.05, 4.69) is 4.99 Å². The van der Waals surface area contributed by atoms with Crippen LogP contribution in [0.25, 0.3) is 0 Å². The van der Waals surface area contributed by atoms with Crippen molar-refractivity contribution in [3.05, 3.63) is 36.2 Å². The second-order valence-corrected chi connectivity index (χ2v) is 3.02. The van der Waals surface area contributed by atoms with E-state index >= 15 is 0 Å². The molecule has 0 radical (unpaired) electrons. The Morgan fingerprint density at radius 2 is 2.14 bits per heavy atom. The molecule has 0 saturated carbocycles. The quantitative estimate of drug-likeness (QED) is 0.574. The summed E-state index contributed by atoms with van der Waals surface area (Å²) in [6.07, 6.45) is 11.1. The van der Waals surface area contributed by atoms with Crippen LogP contribution in [0.4, 0.5) is 0 Å². The molecule has 0 aromatic rings. The maximum Gasteiger partial charge on any atom is 0.231 e. The highest BCUT2D eigenvalue weighted by Gasteiger charge is 2.07. The van der Waals surface area contributed by atoms with Crippen LogP contribution in [0, 0.1) is 0 Å². The van der Waals surface area contributed by atoms with Gasteiger partial charge in [-0.1, -0.05) is 12.2 Å². The summed E-state index contributed by atoms with van der Waals surface area (Å²) in [4.78, 5) is 17.1. The predicted octanol–water partition coefficient (Wildman–Crippen LogP) is 1.89. The Hall–Kier alpha value is -1.64. The van der Waals surface area contributed by atoms with Crippen LogP contribution in [0.1, 0.15) is 13.3 Å². The van der Waals surface area contributed by atoms with E-state index in [1.54, 1.807) is 24.4 Å². The fraction of sp³-hybridized carbons (Fsp3) is 0.273. The molecule has 0 saturated heterocycles. The first-order chi connectivity index (χ1) is 6.72. The Bertz CT molecular complexity index is 324. The van der Waals surface area contributed by atoms with E-state index in [0.717, 1.165) is 5.70 Å². The van der Waals surface area contributed by atoms with E-state index in [0.29, 0.717) is 6.42 Å². The molecule has 0 bridgehead atoms. The maximum absolute atomic E-state index is 11.5. The lowest BCUT2D eigenvalue weighted by molar-refractivity contribution is -0.126. The summed E-state index contributed by atoms with van der Waals surface area (Å²) in [5.74, 6) is 0.0474. The fourth-order valence-corrected chi connectivity index (χ4v) is 0.995. The molecule has 1 aliphatic heterocycles. The molecule has 1 heterocycles. The number of hydrogen-bond acceptors (Lipinski definition) is 2. The highest BCUT2D eigenvalue weighted by atomic mass is 16.2. The lowest BCUT2D eigenvalue weighted by atomic mass is 10.3. The summed E-state index contributed by atoms with van der Waals surface area (Å²) in [6.45, 7) is 1.90. The first-order valence-corrected chi connectivity index (χ1v) is 4.50. The van der Waals surface area contributed by atoms with Gasteiger partial charge in [0.1, 0.15) is 0 Å². The number of nitrogens with zero attached hydrogens (tertiary/aromatic N) is 2. The van der Waals surface area contributed by atoms with Gasteiger partial charge in [0.15, 0.2) is 0 Å². The summed E-state index contributed by atoms with van der Waals surface area (Å²) >= 11 is 0. The van der Waals surface area contributed by atoms with Crippen LogP contribution in [-0.2, 0) is 4.79 Å². The Kier molecular flexibility index (Phi) is 3.85. The highest BCUT2D eigenvalue weighted by molar-refractivity contribution is 5.90. The zero-order chi connectivity index (χ0) is 10.4. The minimum absolute atomic E-state index is 0.0474. The maximum atomic E-state index is 11.5. The smallest absolute Gasteiger partial charge is 0.231 e. The van der Waals surface area contributed by atoms with Crippen LogP contribution in [-0.4, -0.2) is 24.1 Å². The van der Waals surface area contributed by atoms with Crippen LogP contribution in [0.15, 0.2) is 41.2 Å². The Morgan fingerprint density at radius 1 is 1.36 bits per heavy atom. The van der Waals surface area contributed by atoms with Gasteiger partial charge in [0, 0.05) is 25.2 Å². The largest absolute Gasteiger partial charge is 0.319 e. The van der Waals surface area contributed by atoms with Crippen molar-refractivity contribution in [3.8, 4) is 0 Å². The van der Waals surface area contributed by atoms with Crippen LogP contribution < -0.4 is 0 Å². The number of aliphatic imine (C=N–C) groups is 1. The van der Waals surface area contributed by atoms with Crippen molar-refractivity contribution in [2.75, 3.05) is 7.05 Å². The van der Waals surface area contributed by atoms with E-state index in [9.17, 15) is 4.79 Å². The minimum atomic E-state index is 0.0474. The van der Waals surface area contributed by atoms with E-state index in [1.807, 2.05) is 31.2 Å². The zero-order valence-electron chi connectivity index (χ0n) is 8.47. The van der Waals surface area contributed by atoms with Gasteiger partial charge in [-0.25, -0.2) is 0 Å². The molecule has 0 unspecified atom stereocenters. The molecule has 0 aromatic heterocycles. The summed E-state index contributed by atoms with van der Waals surface area (Å²) in [6, 6.07) is 0. The molecule has 0 aliphatic carbocycles. The van der Waals surface area contributed by atoms with Crippen molar-refractivity contribution < 1.29 is 4.79 Å². The average molecular weight is 190 g/mol. The summed E-state index contributed by atoms with van der Waals surface area (Å²) in [7, 11) is 1.77. The third kappa shape index (κ3) is 3.01. The van der Waals surface area contributed by atoms with Gasteiger partial charge in [-0.05, 0) is 19.1 Å². The third-order valence-electron chi connectivity index (χ3n) is 2.01. The average Bonchev–Trinajstić information content (AvgIpc) is 2.21. The molecule has 1 rings (SSSR count). The molecule has 74 valence electrons. The van der Waals surface area contributed by atoms with Gasteiger partial charge in [-0.3, -0.25) is 9.79 Å². The third-order valence-corrected chi connectivity index (χ3v) is 2.01. The first kappa shape index (κ1) is 10.4. The molecule has 1 amide bonds. The van der Waals surface area contributed by atoms with E-state index in [4.69, 9.17) is 0 Å². The lowest BCUT2D eigenvalue weighted by Gasteiger charge is -2.16. The first-order valence-electron chi connectivity index (χ1n) is 4.50. The number of carbonyl (C=O) groups is 1. The second kappa shape index (κ2) is 5.17. The normalized spacial score (nSPS) is 28.6. The van der Waals surface area contributed by atoms with Crippen LogP contribution in [0.5, 0.6) is 0 Å². The molecule has 0 fully saturated rings. The molecular weight excluding hydrogens is 176 g/mol. The summed E-state index contributed by atoms with van der Waals surface area (Å²) in [5, 5.41) is 0. The number of rotatable bonds is 0. The minimum Gasteiger partial charge on any atom is -0.319 e. The van der Waals surface area contributed by atoms with Crippen molar-refractivity contribution in [3.63, 3.8) is 0 Å². The van der Waals surface area contributed by atoms with Gasteiger partial charge in [0.05, 0.1) is 6.42 Å². The Balaban J connectivity index is 2.87. The van der Waals surface area contributed by atoms with Gasteiger partial charge in [0.25, 0.3) is 0 Å². The predicted molar refractivity (Wildman–Crippen MR) is 57.9 cm³/mol. The molecule has 0 N–H and O–H groups in total. The monoisotopic (exact) mass is 190 g/mol. The summed E-state index contributed by atoms with van der Waals surface area (Å²) < 4.78 is 0. The molecule has 3 nitrogen and oxygen atoms in total. The number of hydrogen-bond donors (Lipinski definition) is 0. The number of amides is 1. The van der Waals surface area contributed by atoms with Crippen LogP contribution in [0.3, 0.4) is 0 Å². The van der Waals surface area contributed by atoms with Gasteiger partial charge in [0.2, 0.25) is 5.91 Å². The van der Waals surface area contributed by atoms with Crippen molar-refractivity contribution >= 4 is 12.1 Å². The van der Waals surface area contributed by atoms with E-state index < -0.39 is 0 Å². The van der Waals surface area contributed by atoms with Crippen molar-refractivity contribution in [1.82, 2.24) is 4.90 Å². The Morgan fingerprint density at radius 3 is 2.93 bits per heavy atom. The van der Waals surface area contributed by atoms with E-state index in [-0.39, 0.29) is 5.91 Å². The Labute approximate surface area is 84.1 Å². The molecule has 0 atom stereocenters. The van der Waals surface area contributed by atoms with E-state index in [1.165, 1.54) is 0 Å². The lowest BCUT2D eigenvalue weighted by Crippen LogP contribution is -2.24. The number of carbonyl (C=O) groups excluding carboxylic acids is 1. The van der Waals surface area contributed by atoms with Crippen LogP contribution >= 0.6 is 0 Å². The summed E-state index contributed by atoms with van der Waals surface area (Å²) in [5.41, 5.74) is 0.926. The van der Waals surface area contributed by atoms with Crippen molar-refractivity contribution in [1.29, 1.82) is 0 Å². The molecule has 14 heavy (non-hydrogen) atoms. The van der Waals surface area contributed by atoms with Gasteiger partial charge < -0.3 is 4.90 Å². The van der Waals surface area contributed by atoms with Gasteiger partial charge in [-0.2, -0.15) is 0 Å². The zero-order valence-corrected chi connectivity index (χ0v) is 8.47.